The van der Waals surface area contributed by atoms with Crippen LogP contribution in [-0.2, 0) is 13.6 Å². The Morgan fingerprint density at radius 2 is 2.41 bits per heavy atom. The minimum atomic E-state index is 0.576. The molecule has 1 aromatic heterocycles. The summed E-state index contributed by atoms with van der Waals surface area (Å²) in [5, 5.41) is 3.57. The maximum atomic E-state index is 4.19. The summed E-state index contributed by atoms with van der Waals surface area (Å²) in [7, 11) is 2.06. The predicted molar refractivity (Wildman–Crippen MR) is 69.8 cm³/mol. The molecule has 2 heterocycles. The van der Waals surface area contributed by atoms with Crippen molar-refractivity contribution in [2.45, 2.75) is 45.3 Å². The molecule has 0 saturated carbocycles. The largest absolute Gasteiger partial charge is 0.337 e. The number of hydrogen-bond donors (Lipinski definition) is 1. The van der Waals surface area contributed by atoms with Gasteiger partial charge in [-0.05, 0) is 33.2 Å². The van der Waals surface area contributed by atoms with Crippen molar-refractivity contribution in [2.24, 2.45) is 7.05 Å². The standard InChI is InChI=1S/C13H24N4/c1-11(2)17(8-12-5-4-6-15-12)9-13-7-14-10-16(13)3/h7,10-12,15H,4-6,8-9H2,1-3H3. The Balaban J connectivity index is 1.95. The van der Waals surface area contributed by atoms with E-state index in [2.05, 4.69) is 40.7 Å². The van der Waals surface area contributed by atoms with Gasteiger partial charge in [-0.15, -0.1) is 0 Å². The minimum absolute atomic E-state index is 0.576. The van der Waals surface area contributed by atoms with Crippen LogP contribution in [0.25, 0.3) is 0 Å². The van der Waals surface area contributed by atoms with Gasteiger partial charge >= 0.3 is 0 Å². The monoisotopic (exact) mass is 236 g/mol. The van der Waals surface area contributed by atoms with Crippen molar-refractivity contribution in [3.05, 3.63) is 18.2 Å². The predicted octanol–water partition coefficient (Wildman–Crippen LogP) is 1.38. The first-order valence-corrected chi connectivity index (χ1v) is 6.59. The first kappa shape index (κ1) is 12.6. The molecular formula is C13H24N4. The molecule has 17 heavy (non-hydrogen) atoms. The van der Waals surface area contributed by atoms with Gasteiger partial charge in [-0.25, -0.2) is 4.98 Å². The molecule has 1 aromatic rings. The van der Waals surface area contributed by atoms with E-state index in [4.69, 9.17) is 0 Å². The molecule has 4 nitrogen and oxygen atoms in total. The lowest BCUT2D eigenvalue weighted by molar-refractivity contribution is 0.190. The average Bonchev–Trinajstić information content (AvgIpc) is 2.90. The van der Waals surface area contributed by atoms with E-state index >= 15 is 0 Å². The second-order valence-corrected chi connectivity index (χ2v) is 5.31. The van der Waals surface area contributed by atoms with E-state index < -0.39 is 0 Å². The van der Waals surface area contributed by atoms with Crippen LogP contribution in [0, 0.1) is 0 Å². The molecule has 1 fully saturated rings. The van der Waals surface area contributed by atoms with Gasteiger partial charge in [0.25, 0.3) is 0 Å². The van der Waals surface area contributed by atoms with Crippen molar-refractivity contribution in [1.82, 2.24) is 19.8 Å². The molecule has 0 spiro atoms. The van der Waals surface area contributed by atoms with Crippen molar-refractivity contribution in [3.63, 3.8) is 0 Å². The summed E-state index contributed by atoms with van der Waals surface area (Å²) >= 11 is 0. The van der Waals surface area contributed by atoms with Gasteiger partial charge in [0.05, 0.1) is 12.0 Å². The van der Waals surface area contributed by atoms with Crippen LogP contribution in [0.2, 0.25) is 0 Å². The fraction of sp³-hybridized carbons (Fsp3) is 0.769. The molecule has 1 atom stereocenters. The summed E-state index contributed by atoms with van der Waals surface area (Å²) in [5.74, 6) is 0. The van der Waals surface area contributed by atoms with Crippen molar-refractivity contribution in [1.29, 1.82) is 0 Å². The van der Waals surface area contributed by atoms with Gasteiger partial charge in [-0.3, -0.25) is 4.90 Å². The molecule has 1 N–H and O–H groups in total. The maximum Gasteiger partial charge on any atom is 0.0945 e. The quantitative estimate of drug-likeness (QED) is 0.838. The highest BCUT2D eigenvalue weighted by atomic mass is 15.2. The highest BCUT2D eigenvalue weighted by molar-refractivity contribution is 4.98. The van der Waals surface area contributed by atoms with E-state index in [-0.39, 0.29) is 0 Å². The summed E-state index contributed by atoms with van der Waals surface area (Å²) in [6.07, 6.45) is 6.48. The van der Waals surface area contributed by atoms with Crippen molar-refractivity contribution < 1.29 is 0 Å². The van der Waals surface area contributed by atoms with Gasteiger partial charge in [-0.1, -0.05) is 0 Å². The minimum Gasteiger partial charge on any atom is -0.337 e. The van der Waals surface area contributed by atoms with Gasteiger partial charge < -0.3 is 9.88 Å². The number of hydrogen-bond acceptors (Lipinski definition) is 3. The third-order valence-corrected chi connectivity index (χ3v) is 3.63. The van der Waals surface area contributed by atoms with Crippen LogP contribution in [0.15, 0.2) is 12.5 Å². The molecule has 0 aromatic carbocycles. The van der Waals surface area contributed by atoms with E-state index in [9.17, 15) is 0 Å². The normalized spacial score (nSPS) is 20.6. The SMILES string of the molecule is CC(C)N(Cc1cncn1C)CC1CCCN1. The Morgan fingerprint density at radius 1 is 1.59 bits per heavy atom. The summed E-state index contributed by atoms with van der Waals surface area (Å²) < 4.78 is 2.11. The Hall–Kier alpha value is -0.870. The van der Waals surface area contributed by atoms with E-state index in [1.807, 2.05) is 12.5 Å². The van der Waals surface area contributed by atoms with Gasteiger partial charge in [0.1, 0.15) is 0 Å². The molecule has 0 bridgehead atoms. The number of aryl methyl sites for hydroxylation is 1. The van der Waals surface area contributed by atoms with E-state index in [1.165, 1.54) is 25.1 Å². The third kappa shape index (κ3) is 3.30. The molecule has 0 radical (unpaired) electrons. The van der Waals surface area contributed by atoms with Gasteiger partial charge in [0.15, 0.2) is 0 Å². The molecule has 96 valence electrons. The van der Waals surface area contributed by atoms with Gasteiger partial charge in [-0.2, -0.15) is 0 Å². The Bertz CT molecular complexity index is 339. The third-order valence-electron chi connectivity index (χ3n) is 3.63. The van der Waals surface area contributed by atoms with Crippen LogP contribution in [0.4, 0.5) is 0 Å². The molecule has 0 aliphatic carbocycles. The van der Waals surface area contributed by atoms with Gasteiger partial charge in [0, 0.05) is 38.4 Å². The van der Waals surface area contributed by atoms with E-state index in [1.54, 1.807) is 0 Å². The summed E-state index contributed by atoms with van der Waals surface area (Å²) in [4.78, 5) is 6.71. The average molecular weight is 236 g/mol. The zero-order valence-electron chi connectivity index (χ0n) is 11.2. The van der Waals surface area contributed by atoms with Crippen LogP contribution in [-0.4, -0.2) is 39.6 Å². The zero-order valence-corrected chi connectivity index (χ0v) is 11.2. The lowest BCUT2D eigenvalue weighted by Gasteiger charge is -2.29. The molecule has 0 amide bonds. The van der Waals surface area contributed by atoms with E-state index in [0.717, 1.165) is 13.1 Å². The van der Waals surface area contributed by atoms with Crippen LogP contribution in [0.1, 0.15) is 32.4 Å². The number of rotatable bonds is 5. The van der Waals surface area contributed by atoms with E-state index in [0.29, 0.717) is 12.1 Å². The Labute approximate surface area is 104 Å². The molecule has 1 aliphatic heterocycles. The fourth-order valence-electron chi connectivity index (χ4n) is 2.40. The highest BCUT2D eigenvalue weighted by Gasteiger charge is 2.20. The number of nitrogens with zero attached hydrogens (tertiary/aromatic N) is 3. The van der Waals surface area contributed by atoms with Crippen LogP contribution in [0.5, 0.6) is 0 Å². The van der Waals surface area contributed by atoms with Crippen LogP contribution in [0.3, 0.4) is 0 Å². The smallest absolute Gasteiger partial charge is 0.0945 e. The van der Waals surface area contributed by atoms with Crippen molar-refractivity contribution >= 4 is 0 Å². The molecule has 1 aliphatic rings. The summed E-state index contributed by atoms with van der Waals surface area (Å²) in [6, 6.07) is 1.25. The Morgan fingerprint density at radius 3 is 2.94 bits per heavy atom. The van der Waals surface area contributed by atoms with Crippen molar-refractivity contribution in [3.8, 4) is 0 Å². The number of nitrogens with one attached hydrogen (secondary N) is 1. The van der Waals surface area contributed by atoms with Crippen molar-refractivity contribution in [2.75, 3.05) is 13.1 Å². The molecule has 1 unspecified atom stereocenters. The summed E-state index contributed by atoms with van der Waals surface area (Å²) in [6.45, 7) is 7.86. The first-order valence-electron chi connectivity index (χ1n) is 6.59. The lowest BCUT2D eigenvalue weighted by Crippen LogP contribution is -2.41. The second kappa shape index (κ2) is 5.65. The molecular weight excluding hydrogens is 212 g/mol. The highest BCUT2D eigenvalue weighted by Crippen LogP contribution is 2.12. The molecule has 4 heteroatoms. The second-order valence-electron chi connectivity index (χ2n) is 5.31. The van der Waals surface area contributed by atoms with Crippen LogP contribution >= 0.6 is 0 Å². The van der Waals surface area contributed by atoms with Gasteiger partial charge in [0.2, 0.25) is 0 Å². The number of aromatic nitrogens is 2. The zero-order chi connectivity index (χ0) is 12.3. The van der Waals surface area contributed by atoms with Crippen LogP contribution < -0.4 is 5.32 Å². The molecule has 2 rings (SSSR count). The maximum absolute atomic E-state index is 4.19. The Kier molecular flexibility index (Phi) is 4.18. The number of imidazole rings is 1. The summed E-state index contributed by atoms with van der Waals surface area (Å²) in [5.41, 5.74) is 1.29. The topological polar surface area (TPSA) is 33.1 Å². The fourth-order valence-corrected chi connectivity index (χ4v) is 2.40. The lowest BCUT2D eigenvalue weighted by atomic mass is 10.2. The molecule has 1 saturated heterocycles. The first-order chi connectivity index (χ1) is 8.16.